The van der Waals surface area contributed by atoms with E-state index in [9.17, 15) is 40.5 Å². The van der Waals surface area contributed by atoms with Crippen molar-refractivity contribution < 1.29 is 50.0 Å². The van der Waals surface area contributed by atoms with Gasteiger partial charge in [-0.1, -0.05) is 251 Å². The molecule has 0 aliphatic carbocycles. The van der Waals surface area contributed by atoms with Gasteiger partial charge in [-0.05, 0) is 38.5 Å². The summed E-state index contributed by atoms with van der Waals surface area (Å²) in [5.41, 5.74) is 0. The molecule has 68 heavy (non-hydrogen) atoms. The fourth-order valence-corrected chi connectivity index (χ4v) is 9.56. The highest BCUT2D eigenvalue weighted by atomic mass is 16.7. The molecule has 1 heterocycles. The number of aliphatic hydroxyl groups excluding tert-OH is 7. The average Bonchev–Trinajstić information content (AvgIpc) is 3.34. The van der Waals surface area contributed by atoms with Gasteiger partial charge in [-0.3, -0.25) is 4.79 Å². The van der Waals surface area contributed by atoms with Crippen molar-refractivity contribution in [1.82, 2.24) is 5.32 Å². The van der Waals surface area contributed by atoms with Crippen molar-refractivity contribution in [2.75, 3.05) is 13.2 Å². The molecule has 0 spiro atoms. The molecule has 0 saturated carbocycles. The van der Waals surface area contributed by atoms with Crippen LogP contribution in [0.15, 0.2) is 12.2 Å². The molecule has 8 N–H and O–H groups in total. The molecule has 1 saturated heterocycles. The quantitative estimate of drug-likeness (QED) is 0.0215. The van der Waals surface area contributed by atoms with Crippen molar-refractivity contribution in [2.24, 2.45) is 0 Å². The lowest BCUT2D eigenvalue weighted by Gasteiger charge is -2.40. The Morgan fingerprint density at radius 3 is 1.26 bits per heavy atom. The van der Waals surface area contributed by atoms with E-state index in [0.29, 0.717) is 12.8 Å². The summed E-state index contributed by atoms with van der Waals surface area (Å²) >= 11 is 0. The Morgan fingerprint density at radius 1 is 0.500 bits per heavy atom. The fourth-order valence-electron chi connectivity index (χ4n) is 9.56. The number of hydrogen-bond donors (Lipinski definition) is 8. The van der Waals surface area contributed by atoms with E-state index < -0.39 is 74.2 Å². The van der Waals surface area contributed by atoms with E-state index in [4.69, 9.17) is 9.47 Å². The molecule has 1 aliphatic rings. The Morgan fingerprint density at radius 2 is 0.868 bits per heavy atom. The van der Waals surface area contributed by atoms with E-state index in [0.717, 1.165) is 38.5 Å². The summed E-state index contributed by atoms with van der Waals surface area (Å²) in [6.45, 7) is 3.47. The van der Waals surface area contributed by atoms with Gasteiger partial charge in [-0.25, -0.2) is 0 Å². The number of ether oxygens (including phenoxy) is 2. The van der Waals surface area contributed by atoms with Gasteiger partial charge in [0.05, 0.1) is 25.4 Å². The Hall–Kier alpha value is -1.15. The first-order valence-corrected chi connectivity index (χ1v) is 29.1. The Labute approximate surface area is 417 Å². The third-order valence-electron chi connectivity index (χ3n) is 14.3. The topological polar surface area (TPSA) is 189 Å². The van der Waals surface area contributed by atoms with Crippen LogP contribution < -0.4 is 5.32 Å². The highest BCUT2D eigenvalue weighted by Gasteiger charge is 2.44. The van der Waals surface area contributed by atoms with Crippen LogP contribution in [0.25, 0.3) is 0 Å². The number of hydrogen-bond acceptors (Lipinski definition) is 10. The SMILES string of the molecule is CCCCCCCCCCCCCCCCCCCCCC/C=C/CCCC(O)C(O)C(COC1OC(CO)C(O)C(O)C1O)NC(=O)C(O)CCCCCCCCCCCCCCCCCC. The van der Waals surface area contributed by atoms with Gasteiger partial charge in [0.2, 0.25) is 5.91 Å². The number of rotatable bonds is 50. The number of allylic oxidation sites excluding steroid dienone is 2. The first kappa shape index (κ1) is 64.9. The summed E-state index contributed by atoms with van der Waals surface area (Å²) in [5, 5.41) is 76.1. The van der Waals surface area contributed by atoms with Crippen molar-refractivity contribution >= 4 is 5.91 Å². The van der Waals surface area contributed by atoms with Crippen LogP contribution in [0.1, 0.15) is 277 Å². The normalized spacial score (nSPS) is 20.5. The molecule has 1 aliphatic heterocycles. The number of unbranched alkanes of at least 4 members (excludes halogenated alkanes) is 36. The highest BCUT2D eigenvalue weighted by Crippen LogP contribution is 2.23. The molecular formula is C57H111NO10. The minimum absolute atomic E-state index is 0.259. The molecule has 0 aromatic rings. The zero-order chi connectivity index (χ0) is 49.7. The summed E-state index contributed by atoms with van der Waals surface area (Å²) in [6.07, 6.45) is 42.7. The molecular weight excluding hydrogens is 859 g/mol. The lowest BCUT2D eigenvalue weighted by molar-refractivity contribution is -0.303. The zero-order valence-corrected chi connectivity index (χ0v) is 44.1. The minimum Gasteiger partial charge on any atom is -0.394 e. The van der Waals surface area contributed by atoms with E-state index in [1.807, 2.05) is 0 Å². The van der Waals surface area contributed by atoms with Crippen LogP contribution in [0.2, 0.25) is 0 Å². The van der Waals surface area contributed by atoms with Crippen LogP contribution in [-0.2, 0) is 14.3 Å². The van der Waals surface area contributed by atoms with Crippen LogP contribution in [0.5, 0.6) is 0 Å². The minimum atomic E-state index is -1.66. The van der Waals surface area contributed by atoms with Gasteiger partial charge >= 0.3 is 0 Å². The summed E-state index contributed by atoms with van der Waals surface area (Å²) in [7, 11) is 0. The Kier molecular flexibility index (Phi) is 44.7. The lowest BCUT2D eigenvalue weighted by atomic mass is 9.98. The van der Waals surface area contributed by atoms with E-state index in [-0.39, 0.29) is 12.8 Å². The third-order valence-corrected chi connectivity index (χ3v) is 14.3. The number of nitrogens with one attached hydrogen (secondary N) is 1. The van der Waals surface area contributed by atoms with E-state index >= 15 is 0 Å². The first-order valence-electron chi connectivity index (χ1n) is 29.1. The Bertz CT molecular complexity index is 1110. The zero-order valence-electron chi connectivity index (χ0n) is 44.1. The van der Waals surface area contributed by atoms with Crippen LogP contribution in [0.3, 0.4) is 0 Å². The van der Waals surface area contributed by atoms with Gasteiger partial charge < -0.3 is 50.5 Å². The van der Waals surface area contributed by atoms with Gasteiger partial charge in [0.1, 0.15) is 36.6 Å². The molecule has 0 radical (unpaired) electrons. The van der Waals surface area contributed by atoms with Crippen LogP contribution in [0.4, 0.5) is 0 Å². The number of carbonyl (C=O) groups is 1. The second-order valence-corrected chi connectivity index (χ2v) is 20.7. The van der Waals surface area contributed by atoms with E-state index in [2.05, 4.69) is 31.3 Å². The molecule has 9 atom stereocenters. The van der Waals surface area contributed by atoms with E-state index in [1.54, 1.807) is 0 Å². The number of carbonyl (C=O) groups excluding carboxylic acids is 1. The van der Waals surface area contributed by atoms with Crippen LogP contribution in [0, 0.1) is 0 Å². The lowest BCUT2D eigenvalue weighted by Crippen LogP contribution is -2.60. The maximum Gasteiger partial charge on any atom is 0.249 e. The van der Waals surface area contributed by atoms with Gasteiger partial charge in [-0.2, -0.15) is 0 Å². The largest absolute Gasteiger partial charge is 0.394 e. The second-order valence-electron chi connectivity index (χ2n) is 20.7. The first-order chi connectivity index (χ1) is 33.2. The molecule has 404 valence electrons. The van der Waals surface area contributed by atoms with Crippen molar-refractivity contribution in [2.45, 2.75) is 332 Å². The summed E-state index contributed by atoms with van der Waals surface area (Å²) < 4.78 is 11.1. The Balaban J connectivity index is 2.31. The fraction of sp³-hybridized carbons (Fsp3) is 0.947. The highest BCUT2D eigenvalue weighted by molar-refractivity contribution is 5.80. The molecule has 11 nitrogen and oxygen atoms in total. The predicted octanol–water partition coefficient (Wildman–Crippen LogP) is 12.0. The molecule has 11 heteroatoms. The smallest absolute Gasteiger partial charge is 0.249 e. The van der Waals surface area contributed by atoms with Crippen molar-refractivity contribution in [3.05, 3.63) is 12.2 Å². The number of aliphatic hydroxyl groups is 7. The molecule has 0 aromatic heterocycles. The van der Waals surface area contributed by atoms with E-state index in [1.165, 1.54) is 199 Å². The summed E-state index contributed by atoms with van der Waals surface area (Å²) in [4.78, 5) is 13.2. The maximum absolute atomic E-state index is 13.2. The predicted molar refractivity (Wildman–Crippen MR) is 279 cm³/mol. The molecule has 0 bridgehead atoms. The maximum atomic E-state index is 13.2. The van der Waals surface area contributed by atoms with Crippen molar-refractivity contribution in [3.63, 3.8) is 0 Å². The monoisotopic (exact) mass is 970 g/mol. The van der Waals surface area contributed by atoms with Gasteiger partial charge in [0.15, 0.2) is 6.29 Å². The summed E-state index contributed by atoms with van der Waals surface area (Å²) in [5.74, 6) is -0.701. The molecule has 1 rings (SSSR count). The molecule has 9 unspecified atom stereocenters. The van der Waals surface area contributed by atoms with Crippen LogP contribution >= 0.6 is 0 Å². The van der Waals surface area contributed by atoms with Gasteiger partial charge in [0.25, 0.3) is 0 Å². The van der Waals surface area contributed by atoms with Crippen LogP contribution in [-0.4, -0.2) is 110 Å². The molecule has 0 aromatic carbocycles. The van der Waals surface area contributed by atoms with Gasteiger partial charge in [-0.15, -0.1) is 0 Å². The second kappa shape index (κ2) is 46.9. The molecule has 1 fully saturated rings. The summed E-state index contributed by atoms with van der Waals surface area (Å²) in [6, 6.07) is -1.18. The standard InChI is InChI=1S/C57H111NO10/c1-3-5-7-9-11-13-15-17-19-21-22-23-24-25-26-27-28-29-31-32-34-36-38-40-42-44-49(60)52(62)48(47-67-57-55(65)54(64)53(63)51(46-59)68-57)58-56(66)50(61)45-43-41-39-37-35-33-30-20-18-16-14-12-10-8-6-4-2/h36,38,48-55,57,59-65H,3-35,37,39-47H2,1-2H3,(H,58,66)/b38-36+. The number of amides is 1. The van der Waals surface area contributed by atoms with Gasteiger partial charge in [0, 0.05) is 0 Å². The third kappa shape index (κ3) is 35.1. The average molecular weight is 971 g/mol. The molecule has 1 amide bonds. The van der Waals surface area contributed by atoms with Crippen molar-refractivity contribution in [1.29, 1.82) is 0 Å². The van der Waals surface area contributed by atoms with Crippen molar-refractivity contribution in [3.8, 4) is 0 Å².